The van der Waals surface area contributed by atoms with Crippen molar-refractivity contribution in [1.29, 1.82) is 0 Å². The van der Waals surface area contributed by atoms with E-state index in [1.165, 1.54) is 55.2 Å². The highest BCUT2D eigenvalue weighted by atomic mass is 16.5. The van der Waals surface area contributed by atoms with Crippen LogP contribution in [0.3, 0.4) is 0 Å². The Bertz CT molecular complexity index is 1790. The second-order valence-corrected chi connectivity index (χ2v) is 12.1. The number of fused-ring (bicyclic) bond motifs is 2. The number of nitrogens with one attached hydrogen (secondary N) is 1. The zero-order valence-electron chi connectivity index (χ0n) is 26.6. The van der Waals surface area contributed by atoms with Crippen LogP contribution in [0.15, 0.2) is 97.3 Å². The smallest absolute Gasteiger partial charge is 0.124 e. The first-order valence-corrected chi connectivity index (χ1v) is 15.3. The third kappa shape index (κ3) is 6.97. The molecule has 0 spiro atoms. The minimum atomic E-state index is 0.434. The Morgan fingerprint density at radius 1 is 0.651 bits per heavy atom. The lowest BCUT2D eigenvalue weighted by Gasteiger charge is -2.15. The van der Waals surface area contributed by atoms with Crippen LogP contribution in [0, 0.1) is 13.8 Å². The standard InChI is InChI=1S/C20H23NO.C19H21NO/c1-14(2)17-10-19-18(15(3)12-21(19)4)11-20(17)22-13-16-8-6-5-7-9-16;1-13(2)16-9-18-17(14(3)11-20-18)10-19(16)21-12-15-7-5-4-6-8-15/h5-12,14H,13H2,1-4H3;4-11,13,20H,12H2,1-3H3. The first-order chi connectivity index (χ1) is 20.7. The van der Waals surface area contributed by atoms with Crippen LogP contribution >= 0.6 is 0 Å². The summed E-state index contributed by atoms with van der Waals surface area (Å²) in [5.74, 6) is 2.86. The van der Waals surface area contributed by atoms with Crippen LogP contribution in [0.5, 0.6) is 11.5 Å². The van der Waals surface area contributed by atoms with Crippen molar-refractivity contribution in [2.75, 3.05) is 0 Å². The SMILES string of the molecule is Cc1c[nH]c2cc(C(C)C)c(OCc3ccccc3)cc12.Cc1cn(C)c2cc(C(C)C)c(OCc3ccccc3)cc12. The molecule has 6 aromatic rings. The van der Waals surface area contributed by atoms with Crippen LogP contribution in [0.25, 0.3) is 21.8 Å². The highest BCUT2D eigenvalue weighted by Gasteiger charge is 2.14. The van der Waals surface area contributed by atoms with Crippen molar-refractivity contribution in [1.82, 2.24) is 9.55 Å². The van der Waals surface area contributed by atoms with Crippen molar-refractivity contribution in [3.05, 3.63) is 131 Å². The van der Waals surface area contributed by atoms with E-state index in [0.29, 0.717) is 25.0 Å². The third-order valence-electron chi connectivity index (χ3n) is 8.06. The lowest BCUT2D eigenvalue weighted by atomic mass is 10.00. The summed E-state index contributed by atoms with van der Waals surface area (Å²) in [4.78, 5) is 3.33. The predicted molar refractivity (Wildman–Crippen MR) is 180 cm³/mol. The number of hydrogen-bond donors (Lipinski definition) is 1. The molecule has 4 nitrogen and oxygen atoms in total. The number of nitrogens with zero attached hydrogens (tertiary/aromatic N) is 1. The number of hydrogen-bond acceptors (Lipinski definition) is 2. The van der Waals surface area contributed by atoms with Gasteiger partial charge in [-0.05, 0) is 83.3 Å². The fraction of sp³-hybridized carbons (Fsp3) is 0.282. The molecule has 43 heavy (non-hydrogen) atoms. The summed E-state index contributed by atoms with van der Waals surface area (Å²) in [6.45, 7) is 14.3. The normalized spacial score (nSPS) is 11.3. The molecule has 6 rings (SSSR count). The lowest BCUT2D eigenvalue weighted by molar-refractivity contribution is 0.302. The molecular weight excluding hydrogens is 528 g/mol. The molecule has 0 aliphatic heterocycles. The Hall–Kier alpha value is -4.44. The van der Waals surface area contributed by atoms with E-state index >= 15 is 0 Å². The maximum Gasteiger partial charge on any atom is 0.124 e. The Morgan fingerprint density at radius 2 is 1.16 bits per heavy atom. The van der Waals surface area contributed by atoms with Crippen LogP contribution in [0.4, 0.5) is 0 Å². The molecule has 222 valence electrons. The summed E-state index contributed by atoms with van der Waals surface area (Å²) in [7, 11) is 2.10. The van der Waals surface area contributed by atoms with Crippen LogP contribution in [-0.4, -0.2) is 9.55 Å². The predicted octanol–water partition coefficient (Wildman–Crippen LogP) is 10.4. The number of ether oxygens (including phenoxy) is 2. The van der Waals surface area contributed by atoms with Crippen molar-refractivity contribution in [2.24, 2.45) is 7.05 Å². The molecular formula is C39H44N2O2. The molecule has 1 N–H and O–H groups in total. The maximum atomic E-state index is 6.15. The monoisotopic (exact) mass is 572 g/mol. The van der Waals surface area contributed by atoms with E-state index in [9.17, 15) is 0 Å². The van der Waals surface area contributed by atoms with Crippen molar-refractivity contribution < 1.29 is 9.47 Å². The Kier molecular flexibility index (Phi) is 9.25. The first kappa shape index (κ1) is 30.0. The summed E-state index contributed by atoms with van der Waals surface area (Å²) < 4.78 is 14.4. The van der Waals surface area contributed by atoms with Gasteiger partial charge in [0.05, 0.1) is 0 Å². The van der Waals surface area contributed by atoms with Crippen molar-refractivity contribution in [3.63, 3.8) is 0 Å². The van der Waals surface area contributed by atoms with Gasteiger partial charge in [0.1, 0.15) is 24.7 Å². The van der Waals surface area contributed by atoms with Gasteiger partial charge in [-0.15, -0.1) is 0 Å². The number of aryl methyl sites for hydroxylation is 3. The van der Waals surface area contributed by atoms with Crippen LogP contribution in [0.2, 0.25) is 0 Å². The van der Waals surface area contributed by atoms with Gasteiger partial charge >= 0.3 is 0 Å². The van der Waals surface area contributed by atoms with Crippen LogP contribution in [-0.2, 0) is 20.3 Å². The number of rotatable bonds is 8. The zero-order valence-corrected chi connectivity index (χ0v) is 26.6. The fourth-order valence-corrected chi connectivity index (χ4v) is 5.55. The van der Waals surface area contributed by atoms with E-state index in [1.54, 1.807) is 0 Å². The zero-order chi connectivity index (χ0) is 30.5. The highest BCUT2D eigenvalue weighted by Crippen LogP contribution is 2.35. The number of aromatic nitrogens is 2. The number of aromatic amines is 1. The average Bonchev–Trinajstić information content (AvgIpc) is 3.51. The minimum Gasteiger partial charge on any atom is -0.489 e. The van der Waals surface area contributed by atoms with Gasteiger partial charge in [-0.2, -0.15) is 0 Å². The van der Waals surface area contributed by atoms with Gasteiger partial charge in [0.2, 0.25) is 0 Å². The molecule has 0 amide bonds. The highest BCUT2D eigenvalue weighted by molar-refractivity contribution is 5.87. The second-order valence-electron chi connectivity index (χ2n) is 12.1. The minimum absolute atomic E-state index is 0.434. The quantitative estimate of drug-likeness (QED) is 0.197. The Morgan fingerprint density at radius 3 is 1.70 bits per heavy atom. The molecule has 0 saturated carbocycles. The van der Waals surface area contributed by atoms with Crippen LogP contribution in [0.1, 0.15) is 72.9 Å². The number of H-pyrrole nitrogens is 1. The Labute approximate surface area is 256 Å². The molecule has 0 fully saturated rings. The molecule has 0 atom stereocenters. The van der Waals surface area contributed by atoms with E-state index in [1.807, 2.05) is 36.4 Å². The van der Waals surface area contributed by atoms with Gasteiger partial charge in [-0.3, -0.25) is 0 Å². The summed E-state index contributed by atoms with van der Waals surface area (Å²) in [6, 6.07) is 29.5. The fourth-order valence-electron chi connectivity index (χ4n) is 5.55. The summed E-state index contributed by atoms with van der Waals surface area (Å²) in [6.07, 6.45) is 4.23. The summed E-state index contributed by atoms with van der Waals surface area (Å²) >= 11 is 0. The largest absolute Gasteiger partial charge is 0.489 e. The van der Waals surface area contributed by atoms with Gasteiger partial charge in [-0.25, -0.2) is 0 Å². The molecule has 0 aliphatic rings. The van der Waals surface area contributed by atoms with Gasteiger partial charge in [-0.1, -0.05) is 88.4 Å². The van der Waals surface area contributed by atoms with Crippen LogP contribution < -0.4 is 9.47 Å². The molecule has 4 heteroatoms. The van der Waals surface area contributed by atoms with E-state index in [2.05, 4.69) is 119 Å². The van der Waals surface area contributed by atoms with E-state index in [-0.39, 0.29) is 0 Å². The van der Waals surface area contributed by atoms with Crippen molar-refractivity contribution in [2.45, 2.75) is 66.6 Å². The summed E-state index contributed by atoms with van der Waals surface area (Å²) in [5, 5.41) is 2.51. The van der Waals surface area contributed by atoms with Gasteiger partial charge in [0, 0.05) is 41.2 Å². The lowest BCUT2D eigenvalue weighted by Crippen LogP contribution is -2.00. The molecule has 0 radical (unpaired) electrons. The summed E-state index contributed by atoms with van der Waals surface area (Å²) in [5.41, 5.74) is 9.91. The molecule has 0 bridgehead atoms. The molecule has 4 aromatic carbocycles. The molecule has 0 aliphatic carbocycles. The molecule has 0 unspecified atom stereocenters. The first-order valence-electron chi connectivity index (χ1n) is 15.3. The molecule has 2 aromatic heterocycles. The number of benzene rings is 4. The third-order valence-corrected chi connectivity index (χ3v) is 8.06. The molecule has 0 saturated heterocycles. The van der Waals surface area contributed by atoms with Crippen molar-refractivity contribution >= 4 is 21.8 Å². The maximum absolute atomic E-state index is 6.15. The van der Waals surface area contributed by atoms with E-state index < -0.39 is 0 Å². The Balaban J connectivity index is 0.000000171. The average molecular weight is 573 g/mol. The van der Waals surface area contributed by atoms with Crippen molar-refractivity contribution in [3.8, 4) is 11.5 Å². The van der Waals surface area contributed by atoms with Gasteiger partial charge in [0.15, 0.2) is 0 Å². The van der Waals surface area contributed by atoms with Gasteiger partial charge in [0.25, 0.3) is 0 Å². The van der Waals surface area contributed by atoms with Gasteiger partial charge < -0.3 is 19.0 Å². The topological polar surface area (TPSA) is 39.2 Å². The van der Waals surface area contributed by atoms with E-state index in [0.717, 1.165) is 11.5 Å². The van der Waals surface area contributed by atoms with E-state index in [4.69, 9.17) is 9.47 Å². The second kappa shape index (κ2) is 13.2. The molecule has 2 heterocycles.